The van der Waals surface area contributed by atoms with Crippen molar-refractivity contribution >= 4 is 35.1 Å². The van der Waals surface area contributed by atoms with Crippen molar-refractivity contribution < 1.29 is 40.7 Å². The predicted molar refractivity (Wildman–Crippen MR) is 106 cm³/mol. The summed E-state index contributed by atoms with van der Waals surface area (Å²) in [6.45, 7) is -2.17. The lowest BCUT2D eigenvalue weighted by atomic mass is 9.83. The number of aromatic nitrogens is 2. The lowest BCUT2D eigenvalue weighted by Crippen LogP contribution is -2.53. The van der Waals surface area contributed by atoms with Crippen LogP contribution < -0.4 is 11.1 Å². The zero-order chi connectivity index (χ0) is 25.1. The number of fused-ring (bicyclic) bond motifs is 2. The molecule has 0 radical (unpaired) electrons. The van der Waals surface area contributed by atoms with E-state index in [1.807, 2.05) is 0 Å². The van der Waals surface area contributed by atoms with Crippen LogP contribution in [0.3, 0.4) is 0 Å². The van der Waals surface area contributed by atoms with Crippen molar-refractivity contribution in [1.29, 1.82) is 0 Å². The second-order valence-corrected chi connectivity index (χ2v) is 8.33. The molecule has 3 N–H and O–H groups in total. The summed E-state index contributed by atoms with van der Waals surface area (Å²) in [5.74, 6) is -7.55. The Morgan fingerprint density at radius 3 is 2.68 bits per heavy atom. The summed E-state index contributed by atoms with van der Waals surface area (Å²) in [6, 6.07) is 2.62. The van der Waals surface area contributed by atoms with Crippen LogP contribution in [0.1, 0.15) is 28.8 Å². The van der Waals surface area contributed by atoms with Crippen LogP contribution in [0.5, 0.6) is 0 Å². The molecule has 2 amide bonds. The molecule has 1 aromatic heterocycles. The Morgan fingerprint density at radius 2 is 2.00 bits per heavy atom. The van der Waals surface area contributed by atoms with Gasteiger partial charge in [0.25, 0.3) is 5.91 Å². The molecule has 34 heavy (non-hydrogen) atoms. The number of carbonyl (C=O) groups is 2. The number of nitrogens with one attached hydrogen (secondary N) is 1. The van der Waals surface area contributed by atoms with Crippen LogP contribution in [-0.2, 0) is 16.9 Å². The highest BCUT2D eigenvalue weighted by atomic mass is 35.5. The van der Waals surface area contributed by atoms with Gasteiger partial charge in [-0.2, -0.15) is 27.1 Å². The summed E-state index contributed by atoms with van der Waals surface area (Å²) in [5.41, 5.74) is 3.66. The Balaban J connectivity index is 1.64. The van der Waals surface area contributed by atoms with Gasteiger partial charge in [-0.1, -0.05) is 11.6 Å². The first kappa shape index (κ1) is 24.0. The molecule has 2 aliphatic heterocycles. The maximum atomic E-state index is 14.9. The van der Waals surface area contributed by atoms with Crippen LogP contribution in [0.4, 0.5) is 42.6 Å². The number of benzene rings is 1. The van der Waals surface area contributed by atoms with Gasteiger partial charge in [0, 0.05) is 6.54 Å². The monoisotopic (exact) mass is 511 g/mol. The van der Waals surface area contributed by atoms with Crippen molar-refractivity contribution in [3.05, 3.63) is 40.3 Å². The van der Waals surface area contributed by atoms with Gasteiger partial charge in [-0.25, -0.2) is 13.9 Å². The Bertz CT molecular complexity index is 1170. The fourth-order valence-corrected chi connectivity index (χ4v) is 4.24. The van der Waals surface area contributed by atoms with Crippen LogP contribution in [-0.4, -0.2) is 51.9 Å². The predicted octanol–water partition coefficient (Wildman–Crippen LogP) is 4.15. The van der Waals surface area contributed by atoms with Crippen molar-refractivity contribution in [2.24, 2.45) is 0 Å². The van der Waals surface area contributed by atoms with Gasteiger partial charge in [0.15, 0.2) is 11.4 Å². The summed E-state index contributed by atoms with van der Waals surface area (Å²) in [6.07, 6.45) is -5.58. The number of carbonyl (C=O) groups excluding carboxylic acids is 2. The number of nitrogen functional groups attached to an aromatic ring is 1. The third-order valence-electron chi connectivity index (χ3n) is 5.69. The van der Waals surface area contributed by atoms with E-state index in [1.165, 1.54) is 12.1 Å². The van der Waals surface area contributed by atoms with E-state index in [-0.39, 0.29) is 46.9 Å². The minimum absolute atomic E-state index is 0.0643. The van der Waals surface area contributed by atoms with E-state index in [0.717, 1.165) is 11.1 Å². The fourth-order valence-electron chi connectivity index (χ4n) is 4.08. The van der Waals surface area contributed by atoms with Gasteiger partial charge in [-0.05, 0) is 25.0 Å². The Hall–Kier alpha value is -3.16. The van der Waals surface area contributed by atoms with E-state index in [1.54, 1.807) is 0 Å². The second kappa shape index (κ2) is 7.96. The van der Waals surface area contributed by atoms with Crippen LogP contribution in [0, 0.1) is 5.82 Å². The van der Waals surface area contributed by atoms with Gasteiger partial charge in [0.05, 0.1) is 29.0 Å². The first-order valence-electron chi connectivity index (χ1n) is 9.79. The Morgan fingerprint density at radius 1 is 1.29 bits per heavy atom. The molecule has 8 nitrogen and oxygen atoms in total. The Labute approximate surface area is 192 Å². The van der Waals surface area contributed by atoms with E-state index in [9.17, 15) is 35.9 Å². The molecular formula is C19H16ClF6N5O3. The number of rotatable bonds is 3. The number of anilines is 2. The highest BCUT2D eigenvalue weighted by Gasteiger charge is 2.58. The summed E-state index contributed by atoms with van der Waals surface area (Å²) < 4.78 is 85.0. The number of alkyl halides is 5. The number of hydrogen-bond acceptors (Lipinski definition) is 5. The van der Waals surface area contributed by atoms with Crippen molar-refractivity contribution in [3.8, 4) is 0 Å². The van der Waals surface area contributed by atoms with Gasteiger partial charge in [-0.15, -0.1) is 0 Å². The number of nitrogens with two attached hydrogens (primary N) is 1. The average Bonchev–Trinajstić information content (AvgIpc) is 3.08. The molecule has 0 unspecified atom stereocenters. The van der Waals surface area contributed by atoms with Crippen LogP contribution >= 0.6 is 11.6 Å². The first-order valence-corrected chi connectivity index (χ1v) is 10.2. The molecule has 1 spiro atoms. The smallest absolute Gasteiger partial charge is 0.436 e. The van der Waals surface area contributed by atoms with Gasteiger partial charge >= 0.3 is 18.2 Å². The van der Waals surface area contributed by atoms with Crippen molar-refractivity contribution in [2.75, 3.05) is 24.1 Å². The van der Waals surface area contributed by atoms with E-state index in [0.29, 0.717) is 0 Å². The third kappa shape index (κ3) is 3.89. The number of likely N-dealkylation sites (tertiary alicyclic amines) is 1. The zero-order valence-electron chi connectivity index (χ0n) is 17.1. The molecule has 3 heterocycles. The number of ether oxygens (including phenoxy) is 1. The second-order valence-electron chi connectivity index (χ2n) is 7.93. The summed E-state index contributed by atoms with van der Waals surface area (Å²) in [5, 5.41) is 5.52. The van der Waals surface area contributed by atoms with Gasteiger partial charge in [0.1, 0.15) is 17.9 Å². The molecule has 2 aromatic rings. The molecule has 0 aliphatic carbocycles. The van der Waals surface area contributed by atoms with Crippen molar-refractivity contribution in [1.82, 2.24) is 14.7 Å². The van der Waals surface area contributed by atoms with Crippen LogP contribution in [0.15, 0.2) is 18.3 Å². The molecule has 1 fully saturated rings. The Kier molecular flexibility index (Phi) is 5.61. The largest absolute Gasteiger partial charge is 0.455 e. The molecule has 2 aliphatic rings. The van der Waals surface area contributed by atoms with Gasteiger partial charge in [0.2, 0.25) is 0 Å². The number of nitrogens with zero attached hydrogens (tertiary/aromatic N) is 3. The standard InChI is InChI=1S/C19H16ClF6N5O3/c20-10-2-3-11-12(13(10)21)17(34-16(33)29-11)4-1-5-30(7-17)15(32)9-6-28-31(14(9)27)8-18(22,23)19(24,25)26/h2-3,6H,1,4-5,7-8,27H2,(H,29,33)/t17-/m0/s1. The van der Waals surface area contributed by atoms with Crippen LogP contribution in [0.2, 0.25) is 5.02 Å². The van der Waals surface area contributed by atoms with E-state index < -0.39 is 53.4 Å². The van der Waals surface area contributed by atoms with E-state index in [2.05, 4.69) is 10.4 Å². The average molecular weight is 512 g/mol. The van der Waals surface area contributed by atoms with E-state index in [4.69, 9.17) is 22.1 Å². The van der Waals surface area contributed by atoms with Crippen molar-refractivity contribution in [3.63, 3.8) is 0 Å². The molecule has 184 valence electrons. The highest BCUT2D eigenvalue weighted by Crippen LogP contribution is 2.45. The maximum Gasteiger partial charge on any atom is 0.455 e. The molecule has 0 saturated carbocycles. The topological polar surface area (TPSA) is 102 Å². The third-order valence-corrected chi connectivity index (χ3v) is 5.98. The summed E-state index contributed by atoms with van der Waals surface area (Å²) in [7, 11) is 0. The number of hydrogen-bond donors (Lipinski definition) is 2. The summed E-state index contributed by atoms with van der Waals surface area (Å²) in [4.78, 5) is 26.3. The highest BCUT2D eigenvalue weighted by molar-refractivity contribution is 6.31. The minimum Gasteiger partial charge on any atom is -0.436 e. The number of amides is 2. The molecule has 4 rings (SSSR count). The minimum atomic E-state index is -5.84. The molecular weight excluding hydrogens is 496 g/mol. The lowest BCUT2D eigenvalue weighted by Gasteiger charge is -2.45. The maximum absolute atomic E-state index is 14.9. The van der Waals surface area contributed by atoms with E-state index >= 15 is 0 Å². The number of halogens is 7. The van der Waals surface area contributed by atoms with Gasteiger partial charge in [-0.3, -0.25) is 10.1 Å². The zero-order valence-corrected chi connectivity index (χ0v) is 17.8. The summed E-state index contributed by atoms with van der Waals surface area (Å²) >= 11 is 5.89. The molecule has 1 saturated heterocycles. The SMILES string of the molecule is Nc1c(C(=O)N2CCC[C@@]3(C2)OC(=O)Nc2ccc(Cl)c(F)c23)cnn1CC(F)(F)C(F)(F)F. The number of piperidine rings is 1. The van der Waals surface area contributed by atoms with Gasteiger partial charge < -0.3 is 15.4 Å². The fraction of sp³-hybridized carbons (Fsp3) is 0.421. The molecule has 15 heteroatoms. The lowest BCUT2D eigenvalue weighted by molar-refractivity contribution is -0.287. The van der Waals surface area contributed by atoms with Crippen LogP contribution in [0.25, 0.3) is 0 Å². The quantitative estimate of drug-likeness (QED) is 0.603. The molecule has 0 bridgehead atoms. The van der Waals surface area contributed by atoms with Crippen molar-refractivity contribution in [2.45, 2.75) is 37.1 Å². The molecule has 1 aromatic carbocycles. The normalized spacial score (nSPS) is 20.7. The first-order chi connectivity index (χ1) is 15.8. The molecule has 1 atom stereocenters.